The standard InChI is InChI=1S/C25H24FN5O3/c1-4-22(32)17-9-18(24(26)23(10-17)33-3)15-34-21-12-27-25(28-13-21)30-20-7-5-16(6-8-20)19-11-29-31(2)14-19/h5-14H,4,15H2,1-3H3,(H,27,28,30). The van der Waals surface area contributed by atoms with E-state index in [0.717, 1.165) is 16.8 Å². The highest BCUT2D eigenvalue weighted by Gasteiger charge is 2.15. The van der Waals surface area contributed by atoms with E-state index in [1.165, 1.54) is 31.6 Å². The molecule has 0 aliphatic heterocycles. The topological polar surface area (TPSA) is 91.2 Å². The van der Waals surface area contributed by atoms with Crippen molar-refractivity contribution in [2.45, 2.75) is 20.0 Å². The molecule has 8 nitrogen and oxygen atoms in total. The van der Waals surface area contributed by atoms with Gasteiger partial charge in [-0.2, -0.15) is 5.10 Å². The number of carbonyl (C=O) groups excluding carboxylic acids is 1. The SMILES string of the molecule is CCC(=O)c1cc(COc2cnc(Nc3ccc(-c4cnn(C)c4)cc3)nc2)c(F)c(OC)c1. The van der Waals surface area contributed by atoms with E-state index in [1.807, 2.05) is 43.7 Å². The number of ether oxygens (including phenoxy) is 2. The summed E-state index contributed by atoms with van der Waals surface area (Å²) in [7, 11) is 3.23. The van der Waals surface area contributed by atoms with Gasteiger partial charge in [-0.15, -0.1) is 0 Å². The predicted molar refractivity (Wildman–Crippen MR) is 126 cm³/mol. The lowest BCUT2D eigenvalue weighted by molar-refractivity contribution is 0.0987. The maximum atomic E-state index is 14.6. The number of ketones is 1. The Morgan fingerprint density at radius 2 is 1.82 bits per heavy atom. The van der Waals surface area contributed by atoms with Gasteiger partial charge in [0.25, 0.3) is 0 Å². The molecule has 0 spiro atoms. The van der Waals surface area contributed by atoms with Crippen molar-refractivity contribution in [1.29, 1.82) is 0 Å². The fourth-order valence-electron chi connectivity index (χ4n) is 3.34. The monoisotopic (exact) mass is 461 g/mol. The third-order valence-electron chi connectivity index (χ3n) is 5.18. The summed E-state index contributed by atoms with van der Waals surface area (Å²) in [6.45, 7) is 1.65. The van der Waals surface area contributed by atoms with Gasteiger partial charge in [-0.25, -0.2) is 14.4 Å². The highest BCUT2D eigenvalue weighted by molar-refractivity contribution is 5.96. The number of hydrogen-bond donors (Lipinski definition) is 1. The Bertz CT molecular complexity index is 1290. The second kappa shape index (κ2) is 10.1. The van der Waals surface area contributed by atoms with Gasteiger partial charge >= 0.3 is 0 Å². The van der Waals surface area contributed by atoms with Crippen LogP contribution < -0.4 is 14.8 Å². The zero-order chi connectivity index (χ0) is 24.1. The Balaban J connectivity index is 1.40. The number of hydrogen-bond acceptors (Lipinski definition) is 7. The van der Waals surface area contributed by atoms with Crippen LogP contribution in [-0.2, 0) is 13.7 Å². The number of aryl methyl sites for hydroxylation is 1. The molecule has 34 heavy (non-hydrogen) atoms. The summed E-state index contributed by atoms with van der Waals surface area (Å²) < 4.78 is 27.1. The molecule has 0 saturated heterocycles. The summed E-state index contributed by atoms with van der Waals surface area (Å²) in [6.07, 6.45) is 7.06. The second-order valence-electron chi connectivity index (χ2n) is 7.56. The molecule has 0 atom stereocenters. The summed E-state index contributed by atoms with van der Waals surface area (Å²) in [5, 5.41) is 7.31. The third-order valence-corrected chi connectivity index (χ3v) is 5.18. The Hall–Kier alpha value is -4.27. The number of anilines is 2. The van der Waals surface area contributed by atoms with Crippen LogP contribution in [0.5, 0.6) is 11.5 Å². The van der Waals surface area contributed by atoms with Crippen LogP contribution in [0.2, 0.25) is 0 Å². The maximum absolute atomic E-state index is 14.6. The predicted octanol–water partition coefficient (Wildman–Crippen LogP) is 4.94. The number of benzene rings is 2. The van der Waals surface area contributed by atoms with Gasteiger partial charge in [-0.3, -0.25) is 9.48 Å². The van der Waals surface area contributed by atoms with Gasteiger partial charge in [0.1, 0.15) is 6.61 Å². The molecule has 4 aromatic rings. The van der Waals surface area contributed by atoms with Gasteiger partial charge in [-0.05, 0) is 29.8 Å². The molecule has 2 heterocycles. The van der Waals surface area contributed by atoms with Crippen molar-refractivity contribution in [1.82, 2.24) is 19.7 Å². The first-order valence-corrected chi connectivity index (χ1v) is 10.7. The summed E-state index contributed by atoms with van der Waals surface area (Å²) in [5.41, 5.74) is 3.51. The lowest BCUT2D eigenvalue weighted by atomic mass is 10.0. The molecule has 0 aliphatic carbocycles. The number of carbonyl (C=O) groups is 1. The molecule has 174 valence electrons. The van der Waals surface area contributed by atoms with E-state index in [4.69, 9.17) is 9.47 Å². The Morgan fingerprint density at radius 1 is 1.09 bits per heavy atom. The van der Waals surface area contributed by atoms with Gasteiger partial charge < -0.3 is 14.8 Å². The molecule has 2 aromatic carbocycles. The number of nitrogens with one attached hydrogen (secondary N) is 1. The number of Topliss-reactive ketones (excluding diaryl/α,β-unsaturated/α-hetero) is 1. The van der Waals surface area contributed by atoms with E-state index in [9.17, 15) is 9.18 Å². The minimum atomic E-state index is -0.566. The zero-order valence-electron chi connectivity index (χ0n) is 19.1. The van der Waals surface area contributed by atoms with E-state index in [-0.39, 0.29) is 23.7 Å². The maximum Gasteiger partial charge on any atom is 0.227 e. The molecule has 2 aromatic heterocycles. The van der Waals surface area contributed by atoms with Crippen molar-refractivity contribution < 1.29 is 18.7 Å². The molecule has 0 unspecified atom stereocenters. The molecule has 9 heteroatoms. The molecular weight excluding hydrogens is 437 g/mol. The lowest BCUT2D eigenvalue weighted by Crippen LogP contribution is -2.06. The highest BCUT2D eigenvalue weighted by Crippen LogP contribution is 2.26. The number of aromatic nitrogens is 4. The largest absolute Gasteiger partial charge is 0.494 e. The van der Waals surface area contributed by atoms with E-state index >= 15 is 0 Å². The van der Waals surface area contributed by atoms with Crippen molar-refractivity contribution >= 4 is 17.4 Å². The molecular formula is C25H24FN5O3. The van der Waals surface area contributed by atoms with Crippen LogP contribution in [-0.4, -0.2) is 32.6 Å². The summed E-state index contributed by atoms with van der Waals surface area (Å²) >= 11 is 0. The normalized spacial score (nSPS) is 10.7. The van der Waals surface area contributed by atoms with E-state index in [0.29, 0.717) is 23.7 Å². The minimum absolute atomic E-state index is 0.00300. The zero-order valence-corrected chi connectivity index (χ0v) is 19.1. The van der Waals surface area contributed by atoms with Crippen molar-refractivity contribution in [3.8, 4) is 22.6 Å². The van der Waals surface area contributed by atoms with Crippen LogP contribution in [0.4, 0.5) is 16.0 Å². The van der Waals surface area contributed by atoms with Crippen molar-refractivity contribution in [3.05, 3.63) is 78.1 Å². The minimum Gasteiger partial charge on any atom is -0.494 e. The first-order chi connectivity index (χ1) is 16.5. The van der Waals surface area contributed by atoms with Crippen LogP contribution in [0, 0.1) is 5.82 Å². The molecule has 0 amide bonds. The molecule has 0 fully saturated rings. The van der Waals surface area contributed by atoms with Crippen LogP contribution in [0.1, 0.15) is 29.3 Å². The Labute approximate surface area is 196 Å². The average molecular weight is 461 g/mol. The first kappa shape index (κ1) is 22.9. The molecule has 0 aliphatic rings. The number of nitrogens with zero attached hydrogens (tertiary/aromatic N) is 4. The number of rotatable bonds is 9. The molecule has 0 radical (unpaired) electrons. The Morgan fingerprint density at radius 3 is 2.44 bits per heavy atom. The summed E-state index contributed by atoms with van der Waals surface area (Å²) in [4.78, 5) is 20.6. The van der Waals surface area contributed by atoms with Gasteiger partial charge in [0, 0.05) is 42.0 Å². The smallest absolute Gasteiger partial charge is 0.227 e. The third kappa shape index (κ3) is 5.20. The average Bonchev–Trinajstić information content (AvgIpc) is 3.30. The summed E-state index contributed by atoms with van der Waals surface area (Å²) in [5.74, 6) is 0.0899. The fourth-order valence-corrected chi connectivity index (χ4v) is 3.34. The quantitative estimate of drug-likeness (QED) is 0.353. The van der Waals surface area contributed by atoms with Crippen molar-refractivity contribution in [2.75, 3.05) is 12.4 Å². The van der Waals surface area contributed by atoms with Crippen LogP contribution >= 0.6 is 0 Å². The highest BCUT2D eigenvalue weighted by atomic mass is 19.1. The van der Waals surface area contributed by atoms with E-state index in [2.05, 4.69) is 20.4 Å². The Kier molecular flexibility index (Phi) is 6.82. The molecule has 1 N–H and O–H groups in total. The number of methoxy groups -OCH3 is 1. The van der Waals surface area contributed by atoms with E-state index in [1.54, 1.807) is 11.6 Å². The van der Waals surface area contributed by atoms with Crippen molar-refractivity contribution in [2.24, 2.45) is 7.05 Å². The molecule has 0 bridgehead atoms. The summed E-state index contributed by atoms with van der Waals surface area (Å²) in [6, 6.07) is 10.7. The fraction of sp³-hybridized carbons (Fsp3) is 0.200. The molecule has 0 saturated carbocycles. The van der Waals surface area contributed by atoms with Gasteiger partial charge in [-0.1, -0.05) is 19.1 Å². The van der Waals surface area contributed by atoms with Gasteiger partial charge in [0.15, 0.2) is 23.1 Å². The second-order valence-corrected chi connectivity index (χ2v) is 7.56. The van der Waals surface area contributed by atoms with E-state index < -0.39 is 5.82 Å². The van der Waals surface area contributed by atoms with Crippen LogP contribution in [0.3, 0.4) is 0 Å². The van der Waals surface area contributed by atoms with Gasteiger partial charge in [0.05, 0.1) is 25.7 Å². The molecule has 4 rings (SSSR count). The lowest BCUT2D eigenvalue weighted by Gasteiger charge is -2.12. The van der Waals surface area contributed by atoms with Crippen LogP contribution in [0.15, 0.2) is 61.2 Å². The van der Waals surface area contributed by atoms with Crippen LogP contribution in [0.25, 0.3) is 11.1 Å². The number of halogens is 1. The van der Waals surface area contributed by atoms with Gasteiger partial charge in [0.2, 0.25) is 5.95 Å². The van der Waals surface area contributed by atoms with Crippen molar-refractivity contribution in [3.63, 3.8) is 0 Å². The first-order valence-electron chi connectivity index (χ1n) is 10.7.